The van der Waals surface area contributed by atoms with Crippen molar-refractivity contribution < 1.29 is 22.7 Å². The molecule has 0 radical (unpaired) electrons. The fraction of sp³-hybridized carbons (Fsp3) is 0.440. The van der Waals surface area contributed by atoms with E-state index in [9.17, 15) is 18.0 Å². The Balaban J connectivity index is 2.49. The van der Waals surface area contributed by atoms with Crippen LogP contribution in [0, 0.1) is 13.8 Å². The average Bonchev–Trinajstić information content (AvgIpc) is 2.78. The maximum Gasteiger partial charge on any atom is 0.244 e. The quantitative estimate of drug-likeness (QED) is 0.523. The standard InChI is InChI=1S/C25H35N3O5S/c1-7-21(25(30)26-8-2)27(16-20-12-9-18(3)10-13-20)24(29)17-28(34(6,31)32)22-15-19(4)11-14-23(22)33-5/h9-15,21H,7-8,16-17H2,1-6H3,(H,26,30)/t21-/m0/s1. The van der Waals surface area contributed by atoms with Gasteiger partial charge in [0.1, 0.15) is 18.3 Å². The first-order valence-electron chi connectivity index (χ1n) is 11.3. The van der Waals surface area contributed by atoms with Crippen LogP contribution in [0.5, 0.6) is 5.75 Å². The van der Waals surface area contributed by atoms with Gasteiger partial charge in [-0.1, -0.05) is 42.8 Å². The molecule has 0 aliphatic heterocycles. The van der Waals surface area contributed by atoms with E-state index < -0.39 is 28.5 Å². The van der Waals surface area contributed by atoms with Crippen LogP contribution in [0.4, 0.5) is 5.69 Å². The van der Waals surface area contributed by atoms with Gasteiger partial charge in [-0.05, 0) is 50.5 Å². The number of ether oxygens (including phenoxy) is 1. The molecule has 1 atom stereocenters. The minimum Gasteiger partial charge on any atom is -0.495 e. The number of sulfonamides is 1. The molecule has 2 amide bonds. The van der Waals surface area contributed by atoms with Gasteiger partial charge in [0, 0.05) is 13.1 Å². The largest absolute Gasteiger partial charge is 0.495 e. The number of benzene rings is 2. The normalized spacial score (nSPS) is 12.1. The fourth-order valence-electron chi connectivity index (χ4n) is 3.69. The molecule has 2 aromatic rings. The number of carbonyl (C=O) groups is 2. The Morgan fingerprint density at radius 2 is 1.65 bits per heavy atom. The summed E-state index contributed by atoms with van der Waals surface area (Å²) in [5, 5.41) is 2.78. The molecule has 0 saturated carbocycles. The molecule has 0 fully saturated rings. The van der Waals surface area contributed by atoms with E-state index in [0.29, 0.717) is 18.7 Å². The molecule has 186 valence electrons. The van der Waals surface area contributed by atoms with Crippen molar-refractivity contribution in [3.63, 3.8) is 0 Å². The summed E-state index contributed by atoms with van der Waals surface area (Å²) in [6, 6.07) is 12.1. The van der Waals surface area contributed by atoms with Gasteiger partial charge in [0.2, 0.25) is 21.8 Å². The minimum atomic E-state index is -3.83. The number of nitrogens with one attached hydrogen (secondary N) is 1. The first kappa shape index (κ1) is 27.2. The first-order valence-corrected chi connectivity index (χ1v) is 13.1. The van der Waals surface area contributed by atoms with E-state index in [-0.39, 0.29) is 18.1 Å². The van der Waals surface area contributed by atoms with Crippen molar-refractivity contribution in [3.8, 4) is 5.75 Å². The third-order valence-electron chi connectivity index (χ3n) is 5.49. The second kappa shape index (κ2) is 11.9. The zero-order valence-corrected chi connectivity index (χ0v) is 21.6. The molecule has 1 N–H and O–H groups in total. The number of methoxy groups -OCH3 is 1. The van der Waals surface area contributed by atoms with Crippen molar-refractivity contribution in [2.75, 3.05) is 30.8 Å². The van der Waals surface area contributed by atoms with Gasteiger partial charge in [0.05, 0.1) is 19.1 Å². The predicted molar refractivity (Wildman–Crippen MR) is 134 cm³/mol. The van der Waals surface area contributed by atoms with Crippen LogP contribution in [0.1, 0.15) is 37.0 Å². The highest BCUT2D eigenvalue weighted by molar-refractivity contribution is 7.92. The number of anilines is 1. The van der Waals surface area contributed by atoms with Crippen molar-refractivity contribution in [3.05, 3.63) is 59.2 Å². The smallest absolute Gasteiger partial charge is 0.244 e. The summed E-state index contributed by atoms with van der Waals surface area (Å²) >= 11 is 0. The predicted octanol–water partition coefficient (Wildman–Crippen LogP) is 3.02. The molecule has 0 aliphatic carbocycles. The highest BCUT2D eigenvalue weighted by Gasteiger charge is 2.32. The zero-order chi connectivity index (χ0) is 25.5. The number of hydrogen-bond acceptors (Lipinski definition) is 5. The minimum absolute atomic E-state index is 0.178. The van der Waals surface area contributed by atoms with Crippen molar-refractivity contribution >= 4 is 27.5 Å². The molecule has 0 heterocycles. The van der Waals surface area contributed by atoms with Gasteiger partial charge in [-0.2, -0.15) is 0 Å². The molecule has 0 aromatic heterocycles. The molecule has 9 heteroatoms. The summed E-state index contributed by atoms with van der Waals surface area (Å²) in [5.41, 5.74) is 3.02. The van der Waals surface area contributed by atoms with Crippen LogP contribution in [0.15, 0.2) is 42.5 Å². The number of hydrogen-bond donors (Lipinski definition) is 1. The summed E-state index contributed by atoms with van der Waals surface area (Å²) in [7, 11) is -2.39. The molecule has 2 aromatic carbocycles. The Morgan fingerprint density at radius 1 is 1.03 bits per heavy atom. The third-order valence-corrected chi connectivity index (χ3v) is 6.62. The zero-order valence-electron chi connectivity index (χ0n) is 20.8. The maximum absolute atomic E-state index is 13.6. The van der Waals surface area contributed by atoms with E-state index in [1.807, 2.05) is 52.0 Å². The van der Waals surface area contributed by atoms with Crippen molar-refractivity contribution in [1.29, 1.82) is 0 Å². The van der Waals surface area contributed by atoms with Crippen LogP contribution in [-0.4, -0.2) is 57.6 Å². The van der Waals surface area contributed by atoms with Gasteiger partial charge in [0.15, 0.2) is 0 Å². The van der Waals surface area contributed by atoms with Crippen LogP contribution in [-0.2, 0) is 26.2 Å². The van der Waals surface area contributed by atoms with E-state index in [1.165, 1.54) is 12.0 Å². The molecule has 34 heavy (non-hydrogen) atoms. The molecule has 8 nitrogen and oxygen atoms in total. The molecule has 2 rings (SSSR count). The third kappa shape index (κ3) is 6.96. The second-order valence-corrected chi connectivity index (χ2v) is 10.2. The van der Waals surface area contributed by atoms with Crippen LogP contribution in [0.3, 0.4) is 0 Å². The van der Waals surface area contributed by atoms with E-state index in [4.69, 9.17) is 4.74 Å². The lowest BCUT2D eigenvalue weighted by Crippen LogP contribution is -2.52. The Morgan fingerprint density at radius 3 is 2.18 bits per heavy atom. The number of likely N-dealkylation sites (N-methyl/N-ethyl adjacent to an activating group) is 1. The highest BCUT2D eigenvalue weighted by atomic mass is 32.2. The first-order chi connectivity index (χ1) is 16.0. The van der Waals surface area contributed by atoms with E-state index in [0.717, 1.165) is 27.3 Å². The molecule has 0 spiro atoms. The van der Waals surface area contributed by atoms with Crippen LogP contribution in [0.2, 0.25) is 0 Å². The van der Waals surface area contributed by atoms with E-state index in [2.05, 4.69) is 5.32 Å². The van der Waals surface area contributed by atoms with Crippen molar-refractivity contribution in [2.24, 2.45) is 0 Å². The average molecular weight is 490 g/mol. The topological polar surface area (TPSA) is 96.0 Å². The Bertz CT molecular complexity index is 1100. The summed E-state index contributed by atoms with van der Waals surface area (Å²) in [6.07, 6.45) is 1.43. The van der Waals surface area contributed by atoms with E-state index >= 15 is 0 Å². The van der Waals surface area contributed by atoms with Gasteiger partial charge in [0.25, 0.3) is 0 Å². The molecule has 0 bridgehead atoms. The maximum atomic E-state index is 13.6. The molecular formula is C25H35N3O5S. The summed E-state index contributed by atoms with van der Waals surface area (Å²) in [5.74, 6) is -0.415. The fourth-order valence-corrected chi connectivity index (χ4v) is 4.54. The van der Waals surface area contributed by atoms with Gasteiger partial charge in [-0.15, -0.1) is 0 Å². The van der Waals surface area contributed by atoms with Gasteiger partial charge in [-0.25, -0.2) is 8.42 Å². The number of amides is 2. The molecular weight excluding hydrogens is 454 g/mol. The Kier molecular flexibility index (Phi) is 9.49. The van der Waals surface area contributed by atoms with Crippen LogP contribution < -0.4 is 14.4 Å². The molecule has 0 saturated heterocycles. The lowest BCUT2D eigenvalue weighted by Gasteiger charge is -2.33. The van der Waals surface area contributed by atoms with Crippen LogP contribution >= 0.6 is 0 Å². The van der Waals surface area contributed by atoms with Gasteiger partial charge >= 0.3 is 0 Å². The molecule has 0 aliphatic rings. The SMILES string of the molecule is CCNC(=O)[C@H](CC)N(Cc1ccc(C)cc1)C(=O)CN(c1cc(C)ccc1OC)S(C)(=O)=O. The lowest BCUT2D eigenvalue weighted by molar-refractivity contribution is -0.140. The van der Waals surface area contributed by atoms with Gasteiger partial charge < -0.3 is 15.0 Å². The lowest BCUT2D eigenvalue weighted by atomic mass is 10.1. The molecule has 0 unspecified atom stereocenters. The Labute approximate surface area is 202 Å². The number of nitrogens with zero attached hydrogens (tertiary/aromatic N) is 2. The summed E-state index contributed by atoms with van der Waals surface area (Å²) in [6.45, 7) is 7.58. The van der Waals surface area contributed by atoms with Crippen molar-refractivity contribution in [2.45, 2.75) is 46.7 Å². The van der Waals surface area contributed by atoms with Gasteiger partial charge in [-0.3, -0.25) is 13.9 Å². The second-order valence-electron chi connectivity index (χ2n) is 8.27. The summed E-state index contributed by atoms with van der Waals surface area (Å²) in [4.78, 5) is 27.9. The monoisotopic (exact) mass is 489 g/mol. The number of rotatable bonds is 11. The number of carbonyl (C=O) groups excluding carboxylic acids is 2. The highest BCUT2D eigenvalue weighted by Crippen LogP contribution is 2.31. The summed E-state index contributed by atoms with van der Waals surface area (Å²) < 4.78 is 31.9. The number of aryl methyl sites for hydroxylation is 2. The van der Waals surface area contributed by atoms with Crippen LogP contribution in [0.25, 0.3) is 0 Å². The van der Waals surface area contributed by atoms with E-state index in [1.54, 1.807) is 18.2 Å². The Hall–Kier alpha value is -3.07. The van der Waals surface area contributed by atoms with Crippen molar-refractivity contribution in [1.82, 2.24) is 10.2 Å².